The molecule has 66 heavy (non-hydrogen) atoms. The van der Waals surface area contributed by atoms with Crippen molar-refractivity contribution in [1.29, 1.82) is 0 Å². The Hall–Kier alpha value is -8.25. The standard InChI is InChI=1S/C59H36N4S.C2H6/c1-3-13-37(14-4-1)39-25-29-43(30-26-39)57-60-58(44-31-27-40(28-32-44)38-15-5-2-6-16-38)62-59(61-57)63-51-35-33-41-17-7-9-19-45(41)53(51)49-23-11-21-47(55(49)63)48-22-12-24-50-54-46-20-10-8-18-42(46)34-36-52(54)64-56(48)50;1-2/h1-36H;1-2H3. The average Bonchev–Trinajstić information content (AvgIpc) is 3.97. The van der Waals surface area contributed by atoms with E-state index in [-0.39, 0.29) is 0 Å². The lowest BCUT2D eigenvalue weighted by atomic mass is 9.97. The van der Waals surface area contributed by atoms with Gasteiger partial charge in [-0.3, -0.25) is 4.57 Å². The Morgan fingerprint density at radius 1 is 0.348 bits per heavy atom. The molecule has 0 fully saturated rings. The van der Waals surface area contributed by atoms with Gasteiger partial charge in [-0.15, -0.1) is 11.3 Å². The highest BCUT2D eigenvalue weighted by atomic mass is 32.1. The molecule has 0 atom stereocenters. The van der Waals surface area contributed by atoms with Gasteiger partial charge in [0.1, 0.15) is 0 Å². The maximum Gasteiger partial charge on any atom is 0.238 e. The first-order chi connectivity index (χ1) is 32.7. The fourth-order valence-corrected chi connectivity index (χ4v) is 10.9. The second-order valence-corrected chi connectivity index (χ2v) is 17.4. The Morgan fingerprint density at radius 2 is 0.818 bits per heavy atom. The predicted molar refractivity (Wildman–Crippen MR) is 281 cm³/mol. The van der Waals surface area contributed by atoms with E-state index >= 15 is 0 Å². The highest BCUT2D eigenvalue weighted by Crippen LogP contribution is 2.46. The van der Waals surface area contributed by atoms with Gasteiger partial charge in [-0.05, 0) is 55.9 Å². The molecule has 0 saturated heterocycles. The van der Waals surface area contributed by atoms with Crippen LogP contribution in [0.1, 0.15) is 13.8 Å². The van der Waals surface area contributed by atoms with E-state index in [0.29, 0.717) is 17.6 Å². The maximum atomic E-state index is 5.43. The number of thiophene rings is 1. The van der Waals surface area contributed by atoms with E-state index in [0.717, 1.165) is 55.4 Å². The highest BCUT2D eigenvalue weighted by molar-refractivity contribution is 7.26. The number of fused-ring (bicyclic) bond motifs is 10. The number of nitrogens with zero attached hydrogens (tertiary/aromatic N) is 4. The minimum Gasteiger partial charge on any atom is -0.277 e. The van der Waals surface area contributed by atoms with Crippen molar-refractivity contribution < 1.29 is 0 Å². The smallest absolute Gasteiger partial charge is 0.238 e. The summed E-state index contributed by atoms with van der Waals surface area (Å²) in [6.45, 7) is 4.00. The minimum atomic E-state index is 0.566. The van der Waals surface area contributed by atoms with E-state index in [9.17, 15) is 0 Å². The van der Waals surface area contributed by atoms with E-state index < -0.39 is 0 Å². The molecule has 0 saturated carbocycles. The molecule has 13 aromatic rings. The first-order valence-corrected chi connectivity index (χ1v) is 23.4. The maximum absolute atomic E-state index is 5.43. The SMILES string of the molecule is CC.c1ccc(-c2ccc(-c3nc(-c4ccc(-c5ccccc5)cc4)nc(-n4c5ccc6ccccc6c5c5cccc(-c6cccc7c6sc6ccc8ccccc8c67)c54)n3)cc2)cc1. The molecular formula is C61H42N4S. The van der Waals surface area contributed by atoms with Crippen molar-refractivity contribution in [3.63, 3.8) is 0 Å². The van der Waals surface area contributed by atoms with E-state index in [2.05, 4.69) is 211 Å². The number of aromatic nitrogens is 4. The lowest BCUT2D eigenvalue weighted by molar-refractivity contribution is 0.954. The summed E-state index contributed by atoms with van der Waals surface area (Å²) in [5.74, 6) is 1.79. The molecule has 0 aliphatic heterocycles. The molecule has 0 amide bonds. The van der Waals surface area contributed by atoms with Crippen LogP contribution in [0, 0.1) is 0 Å². The quantitative estimate of drug-likeness (QED) is 0.167. The third-order valence-corrected chi connectivity index (χ3v) is 13.9. The molecule has 0 aliphatic carbocycles. The minimum absolute atomic E-state index is 0.566. The summed E-state index contributed by atoms with van der Waals surface area (Å²) in [6.07, 6.45) is 0. The van der Waals surface area contributed by atoms with Crippen LogP contribution in [0.25, 0.3) is 126 Å². The van der Waals surface area contributed by atoms with Crippen LogP contribution in [0.15, 0.2) is 218 Å². The summed E-state index contributed by atoms with van der Waals surface area (Å²) < 4.78 is 4.83. The lowest BCUT2D eigenvalue weighted by Gasteiger charge is -2.14. The summed E-state index contributed by atoms with van der Waals surface area (Å²) in [7, 11) is 0. The van der Waals surface area contributed by atoms with Crippen molar-refractivity contribution in [2.45, 2.75) is 13.8 Å². The van der Waals surface area contributed by atoms with E-state index in [1.807, 2.05) is 37.3 Å². The Morgan fingerprint density at radius 3 is 1.42 bits per heavy atom. The van der Waals surface area contributed by atoms with Crippen LogP contribution in [-0.4, -0.2) is 19.5 Å². The molecule has 0 aliphatic rings. The molecule has 312 valence electrons. The van der Waals surface area contributed by atoms with Gasteiger partial charge < -0.3 is 0 Å². The summed E-state index contributed by atoms with van der Waals surface area (Å²) in [6, 6.07) is 77.9. The zero-order valence-corrected chi connectivity index (χ0v) is 37.3. The molecule has 10 aromatic carbocycles. The Labute approximate surface area is 386 Å². The van der Waals surface area contributed by atoms with Crippen LogP contribution in [0.4, 0.5) is 0 Å². The zero-order chi connectivity index (χ0) is 44.1. The van der Waals surface area contributed by atoms with Crippen molar-refractivity contribution in [1.82, 2.24) is 19.5 Å². The first-order valence-electron chi connectivity index (χ1n) is 22.6. The molecule has 13 rings (SSSR count). The second-order valence-electron chi connectivity index (χ2n) is 16.3. The molecule has 0 N–H and O–H groups in total. The summed E-state index contributed by atoms with van der Waals surface area (Å²) >= 11 is 1.87. The molecular weight excluding hydrogens is 821 g/mol. The summed E-state index contributed by atoms with van der Waals surface area (Å²) in [5.41, 5.74) is 10.8. The van der Waals surface area contributed by atoms with Crippen LogP contribution in [-0.2, 0) is 0 Å². The summed E-state index contributed by atoms with van der Waals surface area (Å²) in [5, 5.41) is 9.80. The summed E-state index contributed by atoms with van der Waals surface area (Å²) in [4.78, 5) is 16.1. The normalized spacial score (nSPS) is 11.5. The average molecular weight is 863 g/mol. The molecule has 0 radical (unpaired) electrons. The van der Waals surface area contributed by atoms with Gasteiger partial charge in [-0.25, -0.2) is 4.98 Å². The third kappa shape index (κ3) is 6.55. The topological polar surface area (TPSA) is 43.6 Å². The van der Waals surface area contributed by atoms with Gasteiger partial charge >= 0.3 is 0 Å². The van der Waals surface area contributed by atoms with Crippen molar-refractivity contribution >= 4 is 74.9 Å². The van der Waals surface area contributed by atoms with Crippen molar-refractivity contribution in [2.24, 2.45) is 0 Å². The number of benzene rings is 10. The van der Waals surface area contributed by atoms with Gasteiger partial charge in [-0.1, -0.05) is 220 Å². The Kier molecular flexibility index (Phi) is 9.77. The van der Waals surface area contributed by atoms with Crippen LogP contribution in [0.2, 0.25) is 0 Å². The molecule has 0 spiro atoms. The van der Waals surface area contributed by atoms with Gasteiger partial charge in [0.2, 0.25) is 5.95 Å². The predicted octanol–water partition coefficient (Wildman–Crippen LogP) is 17.0. The van der Waals surface area contributed by atoms with Crippen LogP contribution in [0.3, 0.4) is 0 Å². The molecule has 3 aromatic heterocycles. The molecule has 3 heterocycles. The van der Waals surface area contributed by atoms with E-state index in [1.54, 1.807) is 0 Å². The van der Waals surface area contributed by atoms with Gasteiger partial charge in [-0.2, -0.15) is 9.97 Å². The van der Waals surface area contributed by atoms with Gasteiger partial charge in [0.05, 0.1) is 11.0 Å². The van der Waals surface area contributed by atoms with Crippen molar-refractivity contribution in [3.05, 3.63) is 218 Å². The largest absolute Gasteiger partial charge is 0.277 e. The van der Waals surface area contributed by atoms with Gasteiger partial charge in [0.15, 0.2) is 11.6 Å². The van der Waals surface area contributed by atoms with Gasteiger partial charge in [0.25, 0.3) is 0 Å². The first kappa shape index (κ1) is 39.3. The van der Waals surface area contributed by atoms with E-state index in [1.165, 1.54) is 52.7 Å². The molecule has 4 nitrogen and oxygen atoms in total. The number of hydrogen-bond donors (Lipinski definition) is 0. The molecule has 5 heteroatoms. The number of rotatable bonds is 6. The fourth-order valence-electron chi connectivity index (χ4n) is 9.65. The van der Waals surface area contributed by atoms with Crippen LogP contribution >= 0.6 is 11.3 Å². The van der Waals surface area contributed by atoms with Crippen LogP contribution < -0.4 is 0 Å². The van der Waals surface area contributed by atoms with Gasteiger partial charge in [0, 0.05) is 53.2 Å². The highest BCUT2D eigenvalue weighted by Gasteiger charge is 2.23. The third-order valence-electron chi connectivity index (χ3n) is 12.7. The Bertz CT molecular complexity index is 3830. The second kappa shape index (κ2) is 16.4. The molecule has 0 bridgehead atoms. The fraction of sp³-hybridized carbons (Fsp3) is 0.0328. The van der Waals surface area contributed by atoms with Crippen molar-refractivity contribution in [3.8, 4) is 62.1 Å². The van der Waals surface area contributed by atoms with Crippen LogP contribution in [0.5, 0.6) is 0 Å². The van der Waals surface area contributed by atoms with E-state index in [4.69, 9.17) is 15.0 Å². The Balaban J connectivity index is 0.00000225. The zero-order valence-electron chi connectivity index (χ0n) is 36.5. The van der Waals surface area contributed by atoms with Crippen molar-refractivity contribution in [2.75, 3.05) is 0 Å². The lowest BCUT2D eigenvalue weighted by Crippen LogP contribution is -2.07. The number of hydrogen-bond acceptors (Lipinski definition) is 4. The number of para-hydroxylation sites is 1. The monoisotopic (exact) mass is 862 g/mol. The molecule has 0 unspecified atom stereocenters.